The number of allylic oxidation sites excluding steroid dienone is 3. The molecular formula is C19H21F6N5. The molecule has 2 rings (SSSR count). The van der Waals surface area contributed by atoms with Gasteiger partial charge in [0.1, 0.15) is 5.69 Å². The second-order valence-corrected chi connectivity index (χ2v) is 6.28. The molecule has 0 radical (unpaired) electrons. The van der Waals surface area contributed by atoms with Crippen LogP contribution in [0.5, 0.6) is 0 Å². The van der Waals surface area contributed by atoms with Crippen LogP contribution < -0.4 is 5.32 Å². The van der Waals surface area contributed by atoms with Crippen molar-refractivity contribution in [1.82, 2.24) is 15.5 Å². The van der Waals surface area contributed by atoms with Crippen molar-refractivity contribution in [1.29, 1.82) is 0 Å². The first-order valence-corrected chi connectivity index (χ1v) is 9.15. The zero-order chi connectivity index (χ0) is 22.4. The Labute approximate surface area is 169 Å². The van der Waals surface area contributed by atoms with Crippen LogP contribution in [0.3, 0.4) is 0 Å². The predicted molar refractivity (Wildman–Crippen MR) is 102 cm³/mol. The van der Waals surface area contributed by atoms with Gasteiger partial charge in [0.15, 0.2) is 0 Å². The number of hydrogen-bond acceptors (Lipinski definition) is 4. The van der Waals surface area contributed by atoms with Gasteiger partial charge in [-0.3, -0.25) is 10.1 Å². The monoisotopic (exact) mass is 433 g/mol. The quantitative estimate of drug-likeness (QED) is 0.509. The summed E-state index contributed by atoms with van der Waals surface area (Å²) in [6.45, 7) is 3.06. The maximum Gasteiger partial charge on any atom is 0.448 e. The number of aromatic amines is 1. The van der Waals surface area contributed by atoms with E-state index in [9.17, 15) is 26.3 Å². The number of aromatic nitrogens is 2. The minimum absolute atomic E-state index is 0.0625. The van der Waals surface area contributed by atoms with E-state index in [0.29, 0.717) is 18.4 Å². The number of amidine groups is 1. The summed E-state index contributed by atoms with van der Waals surface area (Å²) in [4.78, 5) is 7.80. The fourth-order valence-corrected chi connectivity index (χ4v) is 2.75. The van der Waals surface area contributed by atoms with E-state index in [2.05, 4.69) is 20.4 Å². The van der Waals surface area contributed by atoms with Gasteiger partial charge in [-0.2, -0.15) is 31.4 Å². The molecule has 0 saturated heterocycles. The number of aliphatic imine (C=N–C) groups is 2. The van der Waals surface area contributed by atoms with Crippen molar-refractivity contribution in [2.45, 2.75) is 39.0 Å². The molecule has 2 heterocycles. The molecule has 1 aromatic rings. The summed E-state index contributed by atoms with van der Waals surface area (Å²) < 4.78 is 78.8. The lowest BCUT2D eigenvalue weighted by molar-refractivity contribution is -0.141. The summed E-state index contributed by atoms with van der Waals surface area (Å²) in [6.07, 6.45) is -1.31. The summed E-state index contributed by atoms with van der Waals surface area (Å²) >= 11 is 0. The maximum atomic E-state index is 13.4. The summed E-state index contributed by atoms with van der Waals surface area (Å²) in [5.74, 6) is -1.12. The first kappa shape index (κ1) is 23.4. The highest BCUT2D eigenvalue weighted by atomic mass is 19.4. The normalized spacial score (nSPS) is 18.7. The molecule has 1 aliphatic rings. The molecule has 30 heavy (non-hydrogen) atoms. The average molecular weight is 433 g/mol. The molecule has 1 aromatic heterocycles. The SMILES string of the molecule is C/C=C(CCC)/C(=N/C1=C/CNC(C(F)(F)F)=NCC=C1)c1cn[nH]c1C(F)(F)F. The zero-order valence-corrected chi connectivity index (χ0v) is 16.3. The van der Waals surface area contributed by atoms with E-state index in [-0.39, 0.29) is 30.1 Å². The van der Waals surface area contributed by atoms with Gasteiger partial charge in [0.25, 0.3) is 0 Å². The van der Waals surface area contributed by atoms with Crippen LogP contribution in [-0.2, 0) is 6.18 Å². The Bertz CT molecular complexity index is 884. The highest BCUT2D eigenvalue weighted by Crippen LogP contribution is 2.32. The van der Waals surface area contributed by atoms with Gasteiger partial charge in [0.05, 0.1) is 29.7 Å². The van der Waals surface area contributed by atoms with Crippen LogP contribution in [-0.4, -0.2) is 41.0 Å². The number of H-pyrrole nitrogens is 1. The molecule has 0 spiro atoms. The first-order valence-electron chi connectivity index (χ1n) is 9.15. The fourth-order valence-electron chi connectivity index (χ4n) is 2.75. The van der Waals surface area contributed by atoms with Crippen molar-refractivity contribution in [3.05, 3.63) is 53.0 Å². The Morgan fingerprint density at radius 3 is 2.53 bits per heavy atom. The van der Waals surface area contributed by atoms with E-state index in [1.807, 2.05) is 12.0 Å². The van der Waals surface area contributed by atoms with Crippen LogP contribution in [0.2, 0.25) is 0 Å². The van der Waals surface area contributed by atoms with Crippen molar-refractivity contribution >= 4 is 11.5 Å². The Kier molecular flexibility index (Phi) is 7.63. The minimum atomic E-state index is -4.67. The Morgan fingerprint density at radius 1 is 1.20 bits per heavy atom. The standard InChI is InChI=1S/C19H21F6N5/c1-3-6-12(4-2)15(14-11-28-30-16(14)18(20,21)22)29-13-7-5-9-26-17(19(23,24)25)27-10-8-13/h4-5,7-8,11H,3,6,9-10H2,1-2H3,(H,26,27)(H,28,30)/b7-5?,12-4+,13-8+,29-15-. The second-order valence-electron chi connectivity index (χ2n) is 6.28. The number of hydrogen-bond donors (Lipinski definition) is 2. The van der Waals surface area contributed by atoms with Crippen molar-refractivity contribution in [2.75, 3.05) is 13.1 Å². The predicted octanol–water partition coefficient (Wildman–Crippen LogP) is 4.97. The highest BCUT2D eigenvalue weighted by molar-refractivity contribution is 6.13. The molecule has 0 saturated carbocycles. The van der Waals surface area contributed by atoms with Gasteiger partial charge in [-0.05, 0) is 31.1 Å². The molecule has 0 atom stereocenters. The smallest absolute Gasteiger partial charge is 0.363 e. The topological polar surface area (TPSA) is 65.4 Å². The molecule has 164 valence electrons. The molecular weight excluding hydrogens is 412 g/mol. The van der Waals surface area contributed by atoms with E-state index in [1.165, 1.54) is 18.2 Å². The lowest BCUT2D eigenvalue weighted by atomic mass is 9.98. The average Bonchev–Trinajstić information content (AvgIpc) is 3.17. The second kappa shape index (κ2) is 9.77. The molecule has 2 N–H and O–H groups in total. The summed E-state index contributed by atoms with van der Waals surface area (Å²) in [6, 6.07) is 0. The number of halogens is 6. The molecule has 0 amide bonds. The Morgan fingerprint density at radius 2 is 1.93 bits per heavy atom. The van der Waals surface area contributed by atoms with Crippen LogP contribution >= 0.6 is 0 Å². The van der Waals surface area contributed by atoms with Gasteiger partial charge < -0.3 is 5.32 Å². The molecule has 0 fully saturated rings. The van der Waals surface area contributed by atoms with Crippen molar-refractivity contribution in [3.63, 3.8) is 0 Å². The third kappa shape index (κ3) is 6.07. The van der Waals surface area contributed by atoms with Crippen LogP contribution in [0.1, 0.15) is 37.9 Å². The highest BCUT2D eigenvalue weighted by Gasteiger charge is 2.37. The van der Waals surface area contributed by atoms with E-state index >= 15 is 0 Å². The lowest BCUT2D eigenvalue weighted by Gasteiger charge is -2.13. The van der Waals surface area contributed by atoms with Crippen molar-refractivity contribution < 1.29 is 26.3 Å². The number of nitrogens with one attached hydrogen (secondary N) is 2. The van der Waals surface area contributed by atoms with Crippen LogP contribution in [0, 0.1) is 0 Å². The molecule has 0 aromatic carbocycles. The molecule has 11 heteroatoms. The van der Waals surface area contributed by atoms with Crippen molar-refractivity contribution in [2.24, 2.45) is 9.98 Å². The van der Waals surface area contributed by atoms with E-state index < -0.39 is 23.9 Å². The maximum absolute atomic E-state index is 13.4. The summed E-state index contributed by atoms with van der Waals surface area (Å²) in [5.41, 5.74) is -0.421. The fraction of sp³-hybridized carbons (Fsp3) is 0.421. The largest absolute Gasteiger partial charge is 0.448 e. The Balaban J connectivity index is 2.50. The number of nitrogens with zero attached hydrogens (tertiary/aromatic N) is 3. The van der Waals surface area contributed by atoms with Gasteiger partial charge >= 0.3 is 12.4 Å². The van der Waals surface area contributed by atoms with Gasteiger partial charge in [-0.15, -0.1) is 0 Å². The van der Waals surface area contributed by atoms with Crippen LogP contribution in [0.15, 0.2) is 51.8 Å². The van der Waals surface area contributed by atoms with E-state index in [4.69, 9.17) is 0 Å². The number of rotatable bonds is 5. The zero-order valence-electron chi connectivity index (χ0n) is 16.3. The number of alkyl halides is 6. The molecule has 5 nitrogen and oxygen atoms in total. The van der Waals surface area contributed by atoms with Gasteiger partial charge in [-0.1, -0.05) is 25.5 Å². The molecule has 0 aliphatic carbocycles. The van der Waals surface area contributed by atoms with Gasteiger partial charge in [0, 0.05) is 6.54 Å². The molecule has 0 bridgehead atoms. The van der Waals surface area contributed by atoms with Crippen LogP contribution in [0.25, 0.3) is 0 Å². The first-order chi connectivity index (χ1) is 14.1. The molecule has 0 unspecified atom stereocenters. The summed E-state index contributed by atoms with van der Waals surface area (Å²) in [5, 5.41) is 7.65. The third-order valence-electron chi connectivity index (χ3n) is 4.08. The Hall–Kier alpha value is -2.85. The molecule has 1 aliphatic heterocycles. The van der Waals surface area contributed by atoms with Gasteiger partial charge in [-0.25, -0.2) is 4.99 Å². The third-order valence-corrected chi connectivity index (χ3v) is 4.08. The van der Waals surface area contributed by atoms with Gasteiger partial charge in [0.2, 0.25) is 5.84 Å². The van der Waals surface area contributed by atoms with E-state index in [1.54, 1.807) is 13.0 Å². The van der Waals surface area contributed by atoms with E-state index in [0.717, 1.165) is 6.20 Å². The van der Waals surface area contributed by atoms with Crippen molar-refractivity contribution in [3.8, 4) is 0 Å². The summed E-state index contributed by atoms with van der Waals surface area (Å²) in [7, 11) is 0. The van der Waals surface area contributed by atoms with Crippen LogP contribution in [0.4, 0.5) is 26.3 Å². The lowest BCUT2D eigenvalue weighted by Crippen LogP contribution is -2.37. The minimum Gasteiger partial charge on any atom is -0.363 e.